The molecule has 1 heterocycles. The topological polar surface area (TPSA) is 63.1 Å². The van der Waals surface area contributed by atoms with Crippen LogP contribution in [0.15, 0.2) is 28.7 Å². The van der Waals surface area contributed by atoms with Gasteiger partial charge in [0.05, 0.1) is 5.75 Å². The van der Waals surface area contributed by atoms with Crippen LogP contribution >= 0.6 is 24.0 Å². The zero-order chi connectivity index (χ0) is 13.7. The highest BCUT2D eigenvalue weighted by Gasteiger charge is 2.08. The van der Waals surface area contributed by atoms with E-state index in [4.69, 9.17) is 21.4 Å². The molecule has 0 aliphatic carbocycles. The first-order chi connectivity index (χ1) is 9.17. The molecule has 102 valence electrons. The molecule has 1 aromatic carbocycles. The van der Waals surface area contributed by atoms with Crippen LogP contribution < -0.4 is 10.1 Å². The number of ether oxygens (including phenoxy) is 1. The largest absolute Gasteiger partial charge is 0.480 e. The van der Waals surface area contributed by atoms with Crippen molar-refractivity contribution in [2.75, 3.05) is 12.4 Å². The van der Waals surface area contributed by atoms with Crippen molar-refractivity contribution in [3.8, 4) is 5.75 Å². The number of rotatable bonds is 6. The van der Waals surface area contributed by atoms with Gasteiger partial charge in [-0.05, 0) is 31.3 Å². The molecule has 0 amide bonds. The quantitative estimate of drug-likeness (QED) is 0.629. The lowest BCUT2D eigenvalue weighted by Gasteiger charge is -2.14. The van der Waals surface area contributed by atoms with E-state index in [0.29, 0.717) is 16.5 Å². The average molecular weight is 297 g/mol. The molecule has 0 bridgehead atoms. The molecule has 0 aliphatic rings. The summed E-state index contributed by atoms with van der Waals surface area (Å²) in [4.78, 5) is 0.297. The summed E-state index contributed by atoms with van der Waals surface area (Å²) in [5, 5.41) is 9.61. The van der Waals surface area contributed by atoms with Crippen LogP contribution in [0.3, 0.4) is 0 Å². The van der Waals surface area contributed by atoms with Crippen molar-refractivity contribution in [3.63, 3.8) is 0 Å². The van der Waals surface area contributed by atoms with E-state index in [-0.39, 0.29) is 5.44 Å². The van der Waals surface area contributed by atoms with Crippen molar-refractivity contribution in [1.82, 2.24) is 10.2 Å². The lowest BCUT2D eigenvalue weighted by atomic mass is 10.3. The summed E-state index contributed by atoms with van der Waals surface area (Å²) >= 11 is 6.40. The Morgan fingerprint density at radius 2 is 2.42 bits per heavy atom. The summed E-state index contributed by atoms with van der Waals surface area (Å²) in [6, 6.07) is 7.82. The second kappa shape index (κ2) is 6.63. The second-order valence-corrected chi connectivity index (χ2v) is 5.44. The van der Waals surface area contributed by atoms with Gasteiger partial charge in [0.25, 0.3) is 4.84 Å². The lowest BCUT2D eigenvalue weighted by Crippen LogP contribution is -2.07. The fraction of sp³-hybridized carbons (Fsp3) is 0.333. The second-order valence-electron chi connectivity index (χ2n) is 3.78. The molecule has 0 fully saturated rings. The number of nitrogens with zero attached hydrogens (tertiary/aromatic N) is 1. The number of thioether (sulfide) groups is 1. The van der Waals surface area contributed by atoms with Crippen LogP contribution in [0.25, 0.3) is 0 Å². The van der Waals surface area contributed by atoms with Crippen LogP contribution in [0.1, 0.15) is 12.8 Å². The van der Waals surface area contributed by atoms with Crippen LogP contribution in [-0.2, 0) is 5.75 Å². The van der Waals surface area contributed by atoms with Crippen molar-refractivity contribution in [3.05, 3.63) is 35.0 Å². The molecule has 0 saturated carbocycles. The summed E-state index contributed by atoms with van der Waals surface area (Å²) < 4.78 is 11.0. The number of nitrogens with one attached hydrogen (secondary N) is 2. The molecule has 7 heteroatoms. The standard InChI is InChI=1S/C12H15N3O2S2/c1-8(19-7-11-14-15-12(18)17-11)16-10-5-3-4-9(6-10)13-2/h3-6,8,13H,7H2,1-2H3,(H,15,18). The number of benzene rings is 1. The fourth-order valence-corrected chi connectivity index (χ4v) is 2.28. The highest BCUT2D eigenvalue weighted by atomic mass is 32.2. The third-order valence-electron chi connectivity index (χ3n) is 2.35. The van der Waals surface area contributed by atoms with Gasteiger partial charge in [0.1, 0.15) is 11.2 Å². The molecular formula is C12H15N3O2S2. The van der Waals surface area contributed by atoms with Crippen LogP contribution in [0.5, 0.6) is 5.75 Å². The normalized spacial score (nSPS) is 12.1. The Hall–Kier alpha value is -1.47. The van der Waals surface area contributed by atoms with E-state index < -0.39 is 0 Å². The lowest BCUT2D eigenvalue weighted by molar-refractivity contribution is 0.307. The van der Waals surface area contributed by atoms with Gasteiger partial charge in [-0.1, -0.05) is 6.07 Å². The van der Waals surface area contributed by atoms with Gasteiger partial charge in [-0.3, -0.25) is 0 Å². The maximum atomic E-state index is 5.80. The first kappa shape index (κ1) is 14.0. The van der Waals surface area contributed by atoms with Crippen molar-refractivity contribution < 1.29 is 9.15 Å². The zero-order valence-electron chi connectivity index (χ0n) is 10.7. The van der Waals surface area contributed by atoms with Crippen molar-refractivity contribution >= 4 is 29.7 Å². The van der Waals surface area contributed by atoms with Crippen LogP contribution in [0.2, 0.25) is 0 Å². The third kappa shape index (κ3) is 4.29. The molecule has 2 aromatic rings. The van der Waals surface area contributed by atoms with Gasteiger partial charge >= 0.3 is 0 Å². The number of anilines is 1. The Kier molecular flexibility index (Phi) is 4.86. The molecule has 1 atom stereocenters. The minimum atomic E-state index is -0.00687. The Morgan fingerprint density at radius 1 is 1.58 bits per heavy atom. The molecular weight excluding hydrogens is 282 g/mol. The zero-order valence-corrected chi connectivity index (χ0v) is 12.3. The van der Waals surface area contributed by atoms with Gasteiger partial charge in [0.2, 0.25) is 5.89 Å². The van der Waals surface area contributed by atoms with Gasteiger partial charge in [0.15, 0.2) is 0 Å². The maximum Gasteiger partial charge on any atom is 0.284 e. The molecule has 19 heavy (non-hydrogen) atoms. The Labute approximate surface area is 120 Å². The maximum absolute atomic E-state index is 5.80. The van der Waals surface area contributed by atoms with E-state index in [9.17, 15) is 0 Å². The molecule has 2 rings (SSSR count). The molecule has 1 unspecified atom stereocenters. The summed E-state index contributed by atoms with van der Waals surface area (Å²) in [6.45, 7) is 1.98. The monoisotopic (exact) mass is 297 g/mol. The summed E-state index contributed by atoms with van der Waals surface area (Å²) in [7, 11) is 1.88. The summed E-state index contributed by atoms with van der Waals surface area (Å²) in [5.41, 5.74) is 1.01. The molecule has 0 spiro atoms. The predicted octanol–water partition coefficient (Wildman–Crippen LogP) is 3.43. The highest BCUT2D eigenvalue weighted by molar-refractivity contribution is 7.98. The van der Waals surface area contributed by atoms with Crippen LogP contribution in [0, 0.1) is 4.84 Å². The Bertz CT molecular complexity index is 582. The minimum absolute atomic E-state index is 0.00687. The first-order valence-electron chi connectivity index (χ1n) is 5.78. The molecule has 0 saturated heterocycles. The first-order valence-corrected chi connectivity index (χ1v) is 7.23. The SMILES string of the molecule is CNc1cccc(OC(C)SCc2n[nH]c(=S)o2)c1. The van der Waals surface area contributed by atoms with Crippen molar-refractivity contribution in [2.45, 2.75) is 18.1 Å². The molecule has 1 aromatic heterocycles. The minimum Gasteiger partial charge on any atom is -0.480 e. The van der Waals surface area contributed by atoms with Gasteiger partial charge in [-0.25, -0.2) is 5.10 Å². The number of H-pyrrole nitrogens is 1. The average Bonchev–Trinajstić information content (AvgIpc) is 2.82. The van der Waals surface area contributed by atoms with E-state index in [1.165, 1.54) is 0 Å². The number of hydrogen-bond donors (Lipinski definition) is 2. The van der Waals surface area contributed by atoms with Gasteiger partial charge in [-0.15, -0.1) is 16.9 Å². The van der Waals surface area contributed by atoms with Gasteiger partial charge in [0, 0.05) is 18.8 Å². The van der Waals surface area contributed by atoms with E-state index in [1.807, 2.05) is 38.2 Å². The fourth-order valence-electron chi connectivity index (χ4n) is 1.46. The van der Waals surface area contributed by atoms with Crippen molar-refractivity contribution in [2.24, 2.45) is 0 Å². The molecule has 5 nitrogen and oxygen atoms in total. The Balaban J connectivity index is 1.86. The number of aromatic nitrogens is 2. The van der Waals surface area contributed by atoms with E-state index in [0.717, 1.165) is 11.4 Å². The van der Waals surface area contributed by atoms with Crippen LogP contribution in [-0.4, -0.2) is 22.7 Å². The van der Waals surface area contributed by atoms with Gasteiger partial charge < -0.3 is 14.5 Å². The van der Waals surface area contributed by atoms with Gasteiger partial charge in [-0.2, -0.15) is 0 Å². The van der Waals surface area contributed by atoms with Crippen molar-refractivity contribution in [1.29, 1.82) is 0 Å². The molecule has 0 aliphatic heterocycles. The van der Waals surface area contributed by atoms with E-state index >= 15 is 0 Å². The smallest absolute Gasteiger partial charge is 0.284 e. The molecule has 0 radical (unpaired) electrons. The van der Waals surface area contributed by atoms with E-state index in [2.05, 4.69) is 15.5 Å². The number of hydrogen-bond acceptors (Lipinski definition) is 6. The van der Waals surface area contributed by atoms with Crippen LogP contribution in [0.4, 0.5) is 5.69 Å². The number of aromatic amines is 1. The Morgan fingerprint density at radius 3 is 3.11 bits per heavy atom. The van der Waals surface area contributed by atoms with E-state index in [1.54, 1.807) is 11.8 Å². The third-order valence-corrected chi connectivity index (χ3v) is 3.50. The predicted molar refractivity (Wildman–Crippen MR) is 79.1 cm³/mol. The summed E-state index contributed by atoms with van der Waals surface area (Å²) in [5.74, 6) is 2.02. The molecule has 2 N–H and O–H groups in total. The summed E-state index contributed by atoms with van der Waals surface area (Å²) in [6.07, 6.45) is 0. The highest BCUT2D eigenvalue weighted by Crippen LogP contribution is 2.23.